The Balaban J connectivity index is 2.06. The number of nitrogens with zero attached hydrogens (tertiary/aromatic N) is 1. The number of thioether (sulfide) groups is 2. The van der Waals surface area contributed by atoms with E-state index in [9.17, 15) is 9.59 Å². The monoisotopic (exact) mass is 367 g/mol. The Morgan fingerprint density at radius 2 is 1.83 bits per heavy atom. The fourth-order valence-corrected chi connectivity index (χ4v) is 5.49. The van der Waals surface area contributed by atoms with Gasteiger partial charge in [0.05, 0.1) is 11.0 Å². The van der Waals surface area contributed by atoms with Crippen LogP contribution < -0.4 is 0 Å². The molecular weight excluding hydrogens is 342 g/mol. The van der Waals surface area contributed by atoms with Crippen molar-refractivity contribution in [3.63, 3.8) is 0 Å². The SMILES string of the molecule is CC(C)CN(CCC(=O)O)C(=O)c1ccc(C2SCCCS2)cc1. The van der Waals surface area contributed by atoms with Crippen molar-refractivity contribution in [3.05, 3.63) is 35.4 Å². The topological polar surface area (TPSA) is 57.6 Å². The molecule has 4 nitrogen and oxygen atoms in total. The molecule has 6 heteroatoms. The summed E-state index contributed by atoms with van der Waals surface area (Å²) < 4.78 is 0.460. The van der Waals surface area contributed by atoms with E-state index in [0.717, 1.165) is 0 Å². The van der Waals surface area contributed by atoms with Crippen LogP contribution in [0.25, 0.3) is 0 Å². The summed E-state index contributed by atoms with van der Waals surface area (Å²) in [6.07, 6.45) is 1.24. The molecule has 0 aliphatic carbocycles. The molecule has 1 fully saturated rings. The maximum Gasteiger partial charge on any atom is 0.305 e. The first-order chi connectivity index (χ1) is 11.5. The molecule has 1 aliphatic heterocycles. The molecule has 0 spiro atoms. The van der Waals surface area contributed by atoms with Gasteiger partial charge in [-0.1, -0.05) is 26.0 Å². The Morgan fingerprint density at radius 3 is 2.38 bits per heavy atom. The van der Waals surface area contributed by atoms with Gasteiger partial charge in [-0.2, -0.15) is 0 Å². The number of carbonyl (C=O) groups is 2. The Labute approximate surface area is 152 Å². The van der Waals surface area contributed by atoms with Gasteiger partial charge in [0.2, 0.25) is 0 Å². The molecule has 1 aliphatic rings. The smallest absolute Gasteiger partial charge is 0.305 e. The highest BCUT2D eigenvalue weighted by atomic mass is 32.2. The molecular formula is C18H25NO3S2. The van der Waals surface area contributed by atoms with Crippen molar-refractivity contribution in [1.82, 2.24) is 4.90 Å². The zero-order valence-corrected chi connectivity index (χ0v) is 15.9. The van der Waals surface area contributed by atoms with E-state index in [1.54, 1.807) is 4.90 Å². The van der Waals surface area contributed by atoms with Crippen LogP contribution in [-0.4, -0.2) is 46.5 Å². The molecule has 132 valence electrons. The third-order valence-electron chi connectivity index (χ3n) is 3.73. The molecule has 0 radical (unpaired) electrons. The molecule has 1 aromatic rings. The third kappa shape index (κ3) is 5.74. The van der Waals surface area contributed by atoms with Crippen molar-refractivity contribution < 1.29 is 14.7 Å². The minimum atomic E-state index is -0.877. The number of carboxylic acids is 1. The number of aliphatic carboxylic acids is 1. The normalized spacial score (nSPS) is 15.5. The van der Waals surface area contributed by atoms with Crippen LogP contribution in [0.2, 0.25) is 0 Å². The molecule has 0 saturated carbocycles. The maximum absolute atomic E-state index is 12.7. The maximum atomic E-state index is 12.7. The zero-order chi connectivity index (χ0) is 17.5. The lowest BCUT2D eigenvalue weighted by Gasteiger charge is -2.25. The largest absolute Gasteiger partial charge is 0.481 e. The van der Waals surface area contributed by atoms with E-state index in [0.29, 0.717) is 22.6 Å². The number of benzene rings is 1. The van der Waals surface area contributed by atoms with E-state index in [-0.39, 0.29) is 18.9 Å². The number of hydrogen-bond donors (Lipinski definition) is 1. The predicted octanol–water partition coefficient (Wildman–Crippen LogP) is 4.13. The van der Waals surface area contributed by atoms with Crippen molar-refractivity contribution in [2.45, 2.75) is 31.3 Å². The lowest BCUT2D eigenvalue weighted by atomic mass is 10.1. The van der Waals surface area contributed by atoms with Gasteiger partial charge in [-0.05, 0) is 41.5 Å². The van der Waals surface area contributed by atoms with Crippen LogP contribution in [0.15, 0.2) is 24.3 Å². The summed E-state index contributed by atoms with van der Waals surface area (Å²) in [7, 11) is 0. The molecule has 24 heavy (non-hydrogen) atoms. The summed E-state index contributed by atoms with van der Waals surface area (Å²) >= 11 is 3.92. The first-order valence-corrected chi connectivity index (χ1v) is 10.4. The van der Waals surface area contributed by atoms with Gasteiger partial charge in [0, 0.05) is 18.7 Å². The van der Waals surface area contributed by atoms with Crippen molar-refractivity contribution in [1.29, 1.82) is 0 Å². The number of carboxylic acid groups (broad SMARTS) is 1. The highest BCUT2D eigenvalue weighted by Crippen LogP contribution is 2.43. The minimum Gasteiger partial charge on any atom is -0.481 e. The van der Waals surface area contributed by atoms with E-state index < -0.39 is 5.97 Å². The molecule has 1 aromatic carbocycles. The number of hydrogen-bond acceptors (Lipinski definition) is 4. The zero-order valence-electron chi connectivity index (χ0n) is 14.2. The Morgan fingerprint density at radius 1 is 1.21 bits per heavy atom. The fraction of sp³-hybridized carbons (Fsp3) is 0.556. The van der Waals surface area contributed by atoms with Crippen LogP contribution in [0.5, 0.6) is 0 Å². The Bertz CT molecular complexity index is 554. The highest BCUT2D eigenvalue weighted by molar-refractivity contribution is 8.16. The standard InChI is InChI=1S/C18H25NO3S2/c1-13(2)12-19(9-8-16(20)21)17(22)14-4-6-15(7-5-14)18-23-10-3-11-24-18/h4-7,13,18H,3,8-12H2,1-2H3,(H,20,21). The molecule has 0 bridgehead atoms. The molecule has 1 heterocycles. The van der Waals surface area contributed by atoms with E-state index in [2.05, 4.69) is 0 Å². The number of amides is 1. The third-order valence-corrected chi connectivity index (χ3v) is 6.74. The molecule has 1 amide bonds. The predicted molar refractivity (Wildman–Crippen MR) is 102 cm³/mol. The van der Waals surface area contributed by atoms with Gasteiger partial charge in [-0.25, -0.2) is 0 Å². The Kier molecular flexibility index (Phi) is 7.49. The average Bonchev–Trinajstić information content (AvgIpc) is 2.58. The second kappa shape index (κ2) is 9.37. The van der Waals surface area contributed by atoms with Crippen LogP contribution in [0.3, 0.4) is 0 Å². The van der Waals surface area contributed by atoms with Crippen molar-refractivity contribution in [3.8, 4) is 0 Å². The summed E-state index contributed by atoms with van der Waals surface area (Å²) in [5.74, 6) is 1.72. The van der Waals surface area contributed by atoms with E-state index in [1.165, 1.54) is 23.5 Å². The summed E-state index contributed by atoms with van der Waals surface area (Å²) in [6.45, 7) is 4.88. The quantitative estimate of drug-likeness (QED) is 0.785. The van der Waals surface area contributed by atoms with Crippen LogP contribution in [-0.2, 0) is 4.79 Å². The van der Waals surface area contributed by atoms with Crippen LogP contribution in [0.4, 0.5) is 0 Å². The van der Waals surface area contributed by atoms with Gasteiger partial charge in [0.1, 0.15) is 0 Å². The summed E-state index contributed by atoms with van der Waals surface area (Å²) in [4.78, 5) is 25.2. The van der Waals surface area contributed by atoms with Crippen molar-refractivity contribution >= 4 is 35.4 Å². The van der Waals surface area contributed by atoms with Crippen LogP contribution >= 0.6 is 23.5 Å². The fourth-order valence-electron chi connectivity index (χ4n) is 2.59. The van der Waals surface area contributed by atoms with E-state index in [4.69, 9.17) is 5.11 Å². The van der Waals surface area contributed by atoms with Gasteiger partial charge in [0.15, 0.2) is 0 Å². The molecule has 1 N–H and O–H groups in total. The van der Waals surface area contributed by atoms with Gasteiger partial charge in [0.25, 0.3) is 5.91 Å². The lowest BCUT2D eigenvalue weighted by molar-refractivity contribution is -0.137. The number of rotatable bonds is 7. The molecule has 0 unspecified atom stereocenters. The minimum absolute atomic E-state index is 0.0219. The van der Waals surface area contributed by atoms with Gasteiger partial charge in [-0.15, -0.1) is 23.5 Å². The summed E-state index contributed by atoms with van der Waals surface area (Å²) in [5, 5.41) is 8.89. The first kappa shape index (κ1) is 19.2. The second-order valence-electron chi connectivity index (χ2n) is 6.34. The second-order valence-corrected chi connectivity index (χ2v) is 9.06. The molecule has 0 atom stereocenters. The Hall–Kier alpha value is -1.14. The van der Waals surface area contributed by atoms with E-state index >= 15 is 0 Å². The summed E-state index contributed by atoms with van der Waals surface area (Å²) in [5.41, 5.74) is 1.89. The number of carbonyl (C=O) groups excluding carboxylic acids is 1. The van der Waals surface area contributed by atoms with Gasteiger partial charge >= 0.3 is 5.97 Å². The van der Waals surface area contributed by atoms with E-state index in [1.807, 2.05) is 61.6 Å². The van der Waals surface area contributed by atoms with Crippen molar-refractivity contribution in [2.75, 3.05) is 24.6 Å². The molecule has 2 rings (SSSR count). The van der Waals surface area contributed by atoms with Gasteiger partial charge < -0.3 is 10.0 Å². The molecule has 0 aromatic heterocycles. The average molecular weight is 368 g/mol. The van der Waals surface area contributed by atoms with Crippen molar-refractivity contribution in [2.24, 2.45) is 5.92 Å². The molecule has 1 saturated heterocycles. The first-order valence-electron chi connectivity index (χ1n) is 8.31. The van der Waals surface area contributed by atoms with Gasteiger partial charge in [-0.3, -0.25) is 9.59 Å². The lowest BCUT2D eigenvalue weighted by Crippen LogP contribution is -2.36. The highest BCUT2D eigenvalue weighted by Gasteiger charge is 2.20. The van der Waals surface area contributed by atoms with Crippen LogP contribution in [0, 0.1) is 5.92 Å². The summed E-state index contributed by atoms with van der Waals surface area (Å²) in [6, 6.07) is 7.82. The van der Waals surface area contributed by atoms with Crippen LogP contribution in [0.1, 0.15) is 47.2 Å².